The molecule has 0 aliphatic rings. The lowest BCUT2D eigenvalue weighted by molar-refractivity contribution is -0.148. The molecule has 3 nitrogen and oxygen atoms in total. The van der Waals surface area contributed by atoms with E-state index < -0.39 is 6.10 Å². The Balaban J connectivity index is 3.27. The number of ether oxygens (including phenoxy) is 1. The molecule has 3 heteroatoms. The Bertz CT molecular complexity index is 145. The van der Waals surface area contributed by atoms with E-state index in [4.69, 9.17) is 9.84 Å². The summed E-state index contributed by atoms with van der Waals surface area (Å²) in [6, 6.07) is 0. The van der Waals surface area contributed by atoms with Crippen LogP contribution in [0.1, 0.15) is 45.4 Å². The molecule has 14 heavy (non-hydrogen) atoms. The second kappa shape index (κ2) is 9.00. The number of unbranched alkanes of at least 4 members (excludes halogenated alkanes) is 4. The zero-order valence-electron chi connectivity index (χ0n) is 9.00. The molecule has 0 aromatic heterocycles. The van der Waals surface area contributed by atoms with E-state index in [1.165, 1.54) is 19.3 Å². The van der Waals surface area contributed by atoms with Gasteiger partial charge in [0.25, 0.3) is 0 Å². The maximum absolute atomic E-state index is 11.1. The Hall–Kier alpha value is -0.570. The maximum Gasteiger partial charge on any atom is 0.306 e. The highest BCUT2D eigenvalue weighted by molar-refractivity contribution is 5.69. The van der Waals surface area contributed by atoms with Gasteiger partial charge in [-0.25, -0.2) is 0 Å². The highest BCUT2D eigenvalue weighted by Crippen LogP contribution is 2.06. The molecule has 83 valence electrons. The molecule has 0 saturated heterocycles. The fourth-order valence-corrected chi connectivity index (χ4v) is 1.15. The minimum Gasteiger partial charge on any atom is -0.460 e. The summed E-state index contributed by atoms with van der Waals surface area (Å²) in [5, 5.41) is 8.59. The van der Waals surface area contributed by atoms with E-state index in [0.29, 0.717) is 6.42 Å². The number of carbonyl (C=O) groups is 1. The minimum absolute atomic E-state index is 0.207. The first-order chi connectivity index (χ1) is 6.70. The van der Waals surface area contributed by atoms with Crippen LogP contribution in [0.3, 0.4) is 0 Å². The van der Waals surface area contributed by atoms with Crippen LogP contribution in [-0.2, 0) is 9.53 Å². The van der Waals surface area contributed by atoms with Crippen molar-refractivity contribution >= 4 is 5.97 Å². The van der Waals surface area contributed by atoms with Crippen molar-refractivity contribution in [1.29, 1.82) is 0 Å². The molecule has 1 unspecified atom stereocenters. The van der Waals surface area contributed by atoms with Gasteiger partial charge >= 0.3 is 5.97 Å². The zero-order chi connectivity index (χ0) is 10.8. The highest BCUT2D eigenvalue weighted by Gasteiger charge is 2.07. The van der Waals surface area contributed by atoms with Gasteiger partial charge in [0, 0.05) is 6.42 Å². The van der Waals surface area contributed by atoms with Crippen LogP contribution >= 0.6 is 0 Å². The molecule has 0 aliphatic heterocycles. The lowest BCUT2D eigenvalue weighted by atomic mass is 10.1. The molecular formula is C11H21O3. The van der Waals surface area contributed by atoms with Gasteiger partial charge in [0.1, 0.15) is 6.10 Å². The predicted molar refractivity (Wildman–Crippen MR) is 55.7 cm³/mol. The van der Waals surface area contributed by atoms with Gasteiger partial charge in [0.2, 0.25) is 0 Å². The number of rotatable bonds is 8. The second-order valence-electron chi connectivity index (χ2n) is 3.46. The summed E-state index contributed by atoms with van der Waals surface area (Å²) < 4.78 is 4.81. The van der Waals surface area contributed by atoms with Crippen LogP contribution in [0.5, 0.6) is 0 Å². The number of carbonyl (C=O) groups excluding carboxylic acids is 1. The van der Waals surface area contributed by atoms with Crippen molar-refractivity contribution in [1.82, 2.24) is 0 Å². The normalized spacial score (nSPS) is 12.5. The van der Waals surface area contributed by atoms with Gasteiger partial charge in [0.15, 0.2) is 0 Å². The van der Waals surface area contributed by atoms with Crippen LogP contribution in [0.25, 0.3) is 0 Å². The first-order valence-corrected chi connectivity index (χ1v) is 5.34. The summed E-state index contributed by atoms with van der Waals surface area (Å²) in [6.45, 7) is 5.41. The number of esters is 1. The van der Waals surface area contributed by atoms with Crippen molar-refractivity contribution in [2.45, 2.75) is 51.6 Å². The van der Waals surface area contributed by atoms with Gasteiger partial charge in [-0.3, -0.25) is 4.79 Å². The quantitative estimate of drug-likeness (QED) is 0.483. The van der Waals surface area contributed by atoms with Crippen LogP contribution in [-0.4, -0.2) is 23.8 Å². The van der Waals surface area contributed by atoms with Crippen LogP contribution in [0, 0.1) is 6.92 Å². The molecule has 0 aromatic rings. The average molecular weight is 201 g/mol. The molecule has 0 spiro atoms. The standard InChI is InChI=1S/C11H21O3/c1-3-4-5-6-7-8-11(13)14-10(2)9-12/h10,12H,2-9H2,1H3. The Morgan fingerprint density at radius 3 is 2.57 bits per heavy atom. The van der Waals surface area contributed by atoms with E-state index in [1.54, 1.807) is 0 Å². The van der Waals surface area contributed by atoms with Crippen molar-refractivity contribution in [2.24, 2.45) is 0 Å². The topological polar surface area (TPSA) is 46.5 Å². The summed E-state index contributed by atoms with van der Waals surface area (Å²) in [6.07, 6.45) is 5.38. The molecule has 1 atom stereocenters. The SMILES string of the molecule is [CH2]C(CO)OC(=O)CCCCCCC. The molecule has 0 fully saturated rings. The van der Waals surface area contributed by atoms with E-state index in [-0.39, 0.29) is 12.6 Å². The molecule has 0 amide bonds. The summed E-state index contributed by atoms with van der Waals surface area (Å²) in [5.41, 5.74) is 0. The van der Waals surface area contributed by atoms with Crippen LogP contribution < -0.4 is 0 Å². The average Bonchev–Trinajstić information content (AvgIpc) is 2.17. The van der Waals surface area contributed by atoms with Gasteiger partial charge in [-0.15, -0.1) is 0 Å². The van der Waals surface area contributed by atoms with E-state index in [2.05, 4.69) is 13.8 Å². The first kappa shape index (κ1) is 13.4. The molecular weight excluding hydrogens is 180 g/mol. The van der Waals surface area contributed by atoms with E-state index in [0.717, 1.165) is 12.8 Å². The Labute approximate surface area is 86.5 Å². The van der Waals surface area contributed by atoms with E-state index in [9.17, 15) is 4.79 Å². The van der Waals surface area contributed by atoms with Crippen molar-refractivity contribution in [2.75, 3.05) is 6.61 Å². The molecule has 0 aliphatic carbocycles. The Kier molecular flexibility index (Phi) is 8.64. The molecule has 0 bridgehead atoms. The first-order valence-electron chi connectivity index (χ1n) is 5.34. The van der Waals surface area contributed by atoms with Crippen molar-refractivity contribution in [3.8, 4) is 0 Å². The molecule has 0 rings (SSSR count). The van der Waals surface area contributed by atoms with Crippen molar-refractivity contribution < 1.29 is 14.6 Å². The third-order valence-corrected chi connectivity index (χ3v) is 1.99. The monoisotopic (exact) mass is 201 g/mol. The maximum atomic E-state index is 11.1. The number of hydrogen-bond acceptors (Lipinski definition) is 3. The number of aliphatic hydroxyl groups excluding tert-OH is 1. The zero-order valence-corrected chi connectivity index (χ0v) is 9.00. The van der Waals surface area contributed by atoms with Gasteiger partial charge < -0.3 is 9.84 Å². The second-order valence-corrected chi connectivity index (χ2v) is 3.46. The Morgan fingerprint density at radius 1 is 1.36 bits per heavy atom. The molecule has 0 saturated carbocycles. The van der Waals surface area contributed by atoms with Crippen molar-refractivity contribution in [3.05, 3.63) is 6.92 Å². The fourth-order valence-electron chi connectivity index (χ4n) is 1.15. The number of hydrogen-bond donors (Lipinski definition) is 1. The summed E-state index contributed by atoms with van der Waals surface area (Å²) in [5.74, 6) is -0.254. The number of aliphatic hydroxyl groups is 1. The van der Waals surface area contributed by atoms with Gasteiger partial charge in [-0.2, -0.15) is 0 Å². The van der Waals surface area contributed by atoms with Crippen LogP contribution in [0.15, 0.2) is 0 Å². The molecule has 1 N–H and O–H groups in total. The summed E-state index contributed by atoms with van der Waals surface area (Å²) in [7, 11) is 0. The van der Waals surface area contributed by atoms with E-state index >= 15 is 0 Å². The lowest BCUT2D eigenvalue weighted by Gasteiger charge is -2.09. The summed E-state index contributed by atoms with van der Waals surface area (Å²) in [4.78, 5) is 11.1. The molecule has 0 aromatic carbocycles. The third-order valence-electron chi connectivity index (χ3n) is 1.99. The minimum atomic E-state index is -0.613. The molecule has 0 heterocycles. The molecule has 1 radical (unpaired) electrons. The van der Waals surface area contributed by atoms with Crippen LogP contribution in [0.4, 0.5) is 0 Å². The third kappa shape index (κ3) is 8.05. The predicted octanol–water partition coefficient (Wildman–Crippen LogP) is 2.09. The largest absolute Gasteiger partial charge is 0.460 e. The van der Waals surface area contributed by atoms with Gasteiger partial charge in [0.05, 0.1) is 6.61 Å². The van der Waals surface area contributed by atoms with Gasteiger partial charge in [-0.1, -0.05) is 32.6 Å². The van der Waals surface area contributed by atoms with Crippen LogP contribution in [0.2, 0.25) is 0 Å². The smallest absolute Gasteiger partial charge is 0.306 e. The van der Waals surface area contributed by atoms with Gasteiger partial charge in [-0.05, 0) is 13.3 Å². The lowest BCUT2D eigenvalue weighted by Crippen LogP contribution is -2.18. The fraction of sp³-hybridized carbons (Fsp3) is 0.818. The Morgan fingerprint density at radius 2 is 2.00 bits per heavy atom. The highest BCUT2D eigenvalue weighted by atomic mass is 16.5. The van der Waals surface area contributed by atoms with Crippen molar-refractivity contribution in [3.63, 3.8) is 0 Å². The van der Waals surface area contributed by atoms with E-state index in [1.807, 2.05) is 0 Å². The summed E-state index contributed by atoms with van der Waals surface area (Å²) >= 11 is 0.